The second kappa shape index (κ2) is 7.90. The molecule has 1 heterocycles. The largest absolute Gasteiger partial charge is 0.481 e. The van der Waals surface area contributed by atoms with Crippen LogP contribution >= 0.6 is 0 Å². The Morgan fingerprint density at radius 1 is 1.08 bits per heavy atom. The first-order chi connectivity index (χ1) is 12.1. The van der Waals surface area contributed by atoms with Crippen molar-refractivity contribution in [1.29, 1.82) is 0 Å². The molecule has 5 nitrogen and oxygen atoms in total. The smallest absolute Gasteiger partial charge is 0.253 e. The zero-order chi connectivity index (χ0) is 17.6. The number of nitrogens with zero attached hydrogens (tertiary/aromatic N) is 3. The summed E-state index contributed by atoms with van der Waals surface area (Å²) in [6.45, 7) is 2.80. The normalized spacial score (nSPS) is 12.3. The van der Waals surface area contributed by atoms with Crippen LogP contribution in [0.3, 0.4) is 0 Å². The third-order valence-electron chi connectivity index (χ3n) is 3.96. The van der Waals surface area contributed by atoms with Crippen LogP contribution in [0.1, 0.15) is 30.3 Å². The quantitative estimate of drug-likeness (QED) is 0.650. The number of halogens is 1. The minimum absolute atomic E-state index is 0.0308. The van der Waals surface area contributed by atoms with E-state index in [9.17, 15) is 4.39 Å². The molecule has 0 aliphatic carbocycles. The molecule has 0 N–H and O–H groups in total. The van der Waals surface area contributed by atoms with Gasteiger partial charge in [-0.2, -0.15) is 0 Å². The zero-order valence-corrected chi connectivity index (χ0v) is 14.2. The molecule has 0 aliphatic rings. The fourth-order valence-corrected chi connectivity index (χ4v) is 2.39. The van der Waals surface area contributed by atoms with Gasteiger partial charge in [-0.15, -0.1) is 10.2 Å². The fourth-order valence-electron chi connectivity index (χ4n) is 2.39. The van der Waals surface area contributed by atoms with Crippen LogP contribution in [0.2, 0.25) is 0 Å². The van der Waals surface area contributed by atoms with Gasteiger partial charge in [0.1, 0.15) is 0 Å². The van der Waals surface area contributed by atoms with E-state index < -0.39 is 5.82 Å². The van der Waals surface area contributed by atoms with Crippen molar-refractivity contribution in [2.75, 3.05) is 7.05 Å². The summed E-state index contributed by atoms with van der Waals surface area (Å²) in [6, 6.07) is 16.3. The molecule has 0 radical (unpaired) electrons. The molecule has 130 valence electrons. The van der Waals surface area contributed by atoms with Gasteiger partial charge in [-0.05, 0) is 31.7 Å². The average molecular weight is 341 g/mol. The molecule has 0 fully saturated rings. The van der Waals surface area contributed by atoms with Crippen molar-refractivity contribution in [2.45, 2.75) is 26.1 Å². The van der Waals surface area contributed by atoms with Gasteiger partial charge >= 0.3 is 0 Å². The molecular weight excluding hydrogens is 321 g/mol. The highest BCUT2D eigenvalue weighted by Gasteiger charge is 2.19. The first kappa shape index (κ1) is 17.1. The summed E-state index contributed by atoms with van der Waals surface area (Å²) in [4.78, 5) is 2.12. The molecule has 0 bridgehead atoms. The summed E-state index contributed by atoms with van der Waals surface area (Å²) in [5, 5.41) is 8.06. The Kier molecular flexibility index (Phi) is 5.40. The van der Waals surface area contributed by atoms with Gasteiger partial charge in [0, 0.05) is 6.54 Å². The van der Waals surface area contributed by atoms with Crippen LogP contribution in [0.15, 0.2) is 59.0 Å². The maximum atomic E-state index is 13.5. The van der Waals surface area contributed by atoms with E-state index in [1.165, 1.54) is 11.6 Å². The minimum Gasteiger partial charge on any atom is -0.481 e. The number of rotatable bonds is 7. The van der Waals surface area contributed by atoms with Gasteiger partial charge in [-0.3, -0.25) is 4.90 Å². The zero-order valence-electron chi connectivity index (χ0n) is 14.2. The van der Waals surface area contributed by atoms with Gasteiger partial charge < -0.3 is 9.15 Å². The number of para-hydroxylation sites is 1. The van der Waals surface area contributed by atoms with Crippen molar-refractivity contribution in [2.24, 2.45) is 0 Å². The third-order valence-corrected chi connectivity index (χ3v) is 3.96. The first-order valence-corrected chi connectivity index (χ1v) is 8.07. The van der Waals surface area contributed by atoms with Crippen LogP contribution < -0.4 is 4.74 Å². The van der Waals surface area contributed by atoms with Crippen LogP contribution in [0.25, 0.3) is 0 Å². The standard InChI is InChI=1S/C19H20FN3O2/c1-14(23(2)12-15-8-4-3-5-9-15)19-22-21-18(25-19)13-24-17-11-7-6-10-16(17)20/h3-11,14H,12-13H2,1-2H3/t14-/m0/s1. The Hall–Kier alpha value is -2.73. The van der Waals surface area contributed by atoms with Gasteiger partial charge in [-0.25, -0.2) is 4.39 Å². The summed E-state index contributed by atoms with van der Waals surface area (Å²) in [7, 11) is 2.00. The molecular formula is C19H20FN3O2. The second-order valence-electron chi connectivity index (χ2n) is 5.83. The van der Waals surface area contributed by atoms with Crippen LogP contribution in [0.4, 0.5) is 4.39 Å². The van der Waals surface area contributed by atoms with Crippen LogP contribution in [-0.4, -0.2) is 22.1 Å². The molecule has 6 heteroatoms. The highest BCUT2D eigenvalue weighted by Crippen LogP contribution is 2.21. The van der Waals surface area contributed by atoms with Gasteiger partial charge in [0.15, 0.2) is 18.2 Å². The van der Waals surface area contributed by atoms with E-state index in [2.05, 4.69) is 27.2 Å². The van der Waals surface area contributed by atoms with E-state index in [1.54, 1.807) is 18.2 Å². The molecule has 1 aromatic heterocycles. The summed E-state index contributed by atoms with van der Waals surface area (Å²) in [5.41, 5.74) is 1.21. The maximum absolute atomic E-state index is 13.5. The molecule has 0 unspecified atom stereocenters. The van der Waals surface area contributed by atoms with Crippen molar-refractivity contribution >= 4 is 0 Å². The Labute approximate surface area is 146 Å². The molecule has 25 heavy (non-hydrogen) atoms. The molecule has 3 aromatic rings. The van der Waals surface area contributed by atoms with Crippen molar-refractivity contribution in [1.82, 2.24) is 15.1 Å². The highest BCUT2D eigenvalue weighted by molar-refractivity contribution is 5.23. The second-order valence-corrected chi connectivity index (χ2v) is 5.83. The van der Waals surface area contributed by atoms with Crippen molar-refractivity contribution in [3.05, 3.63) is 77.8 Å². The number of benzene rings is 2. The molecule has 1 atom stereocenters. The van der Waals surface area contributed by atoms with Gasteiger partial charge in [0.25, 0.3) is 5.89 Å². The summed E-state index contributed by atoms with van der Waals surface area (Å²) < 4.78 is 24.6. The Morgan fingerprint density at radius 3 is 2.56 bits per heavy atom. The molecule has 3 rings (SSSR count). The fraction of sp³-hybridized carbons (Fsp3) is 0.263. The average Bonchev–Trinajstić information content (AvgIpc) is 3.10. The maximum Gasteiger partial charge on any atom is 0.253 e. The van der Waals surface area contributed by atoms with Crippen LogP contribution in [-0.2, 0) is 13.2 Å². The Balaban J connectivity index is 1.59. The highest BCUT2D eigenvalue weighted by atomic mass is 19.1. The molecule has 2 aromatic carbocycles. The van der Waals surface area contributed by atoms with Crippen molar-refractivity contribution < 1.29 is 13.5 Å². The van der Waals surface area contributed by atoms with Crippen LogP contribution in [0, 0.1) is 5.82 Å². The van der Waals surface area contributed by atoms with Gasteiger partial charge in [0.05, 0.1) is 6.04 Å². The lowest BCUT2D eigenvalue weighted by molar-refractivity contribution is 0.201. The molecule has 0 amide bonds. The van der Waals surface area contributed by atoms with Crippen LogP contribution in [0.5, 0.6) is 5.75 Å². The lowest BCUT2D eigenvalue weighted by Crippen LogP contribution is -2.22. The SMILES string of the molecule is C[C@@H](c1nnc(COc2ccccc2F)o1)N(C)Cc1ccccc1. The van der Waals surface area contributed by atoms with E-state index in [4.69, 9.17) is 9.15 Å². The molecule has 0 saturated carbocycles. The van der Waals surface area contributed by atoms with E-state index in [0.29, 0.717) is 11.8 Å². The Bertz CT molecular complexity index is 807. The monoisotopic (exact) mass is 341 g/mol. The predicted octanol–water partition coefficient (Wildman–Crippen LogP) is 3.98. The number of ether oxygens (including phenoxy) is 1. The predicted molar refractivity (Wildman–Crippen MR) is 91.4 cm³/mol. The lowest BCUT2D eigenvalue weighted by Gasteiger charge is -2.21. The molecule has 0 aliphatic heterocycles. The van der Waals surface area contributed by atoms with Crippen molar-refractivity contribution in [3.8, 4) is 5.75 Å². The Morgan fingerprint density at radius 2 is 1.80 bits per heavy atom. The van der Waals surface area contributed by atoms with E-state index in [0.717, 1.165) is 6.54 Å². The summed E-state index contributed by atoms with van der Waals surface area (Å²) in [6.07, 6.45) is 0. The lowest BCUT2D eigenvalue weighted by atomic mass is 10.2. The van der Waals surface area contributed by atoms with Gasteiger partial charge in [-0.1, -0.05) is 42.5 Å². The molecule has 0 saturated heterocycles. The molecule has 0 spiro atoms. The van der Waals surface area contributed by atoms with E-state index >= 15 is 0 Å². The van der Waals surface area contributed by atoms with E-state index in [1.807, 2.05) is 32.2 Å². The minimum atomic E-state index is -0.418. The summed E-state index contributed by atoms with van der Waals surface area (Å²) >= 11 is 0. The van der Waals surface area contributed by atoms with Gasteiger partial charge in [0.2, 0.25) is 5.89 Å². The third kappa shape index (κ3) is 4.42. The number of aromatic nitrogens is 2. The first-order valence-electron chi connectivity index (χ1n) is 8.07. The summed E-state index contributed by atoms with van der Waals surface area (Å²) in [5.74, 6) is 0.568. The van der Waals surface area contributed by atoms with E-state index in [-0.39, 0.29) is 18.4 Å². The topological polar surface area (TPSA) is 51.4 Å². The van der Waals surface area contributed by atoms with Crippen molar-refractivity contribution in [3.63, 3.8) is 0 Å². The number of hydrogen-bond donors (Lipinski definition) is 0. The number of hydrogen-bond acceptors (Lipinski definition) is 5.